The second-order valence-corrected chi connectivity index (χ2v) is 6.54. The molecule has 0 aliphatic carbocycles. The average molecular weight is 308 g/mol. The van der Waals surface area contributed by atoms with Gasteiger partial charge in [0.05, 0.1) is 4.90 Å². The van der Waals surface area contributed by atoms with Crippen LogP contribution in [0.1, 0.15) is 5.69 Å². The number of rotatable bonds is 4. The molecule has 0 aliphatic heterocycles. The van der Waals surface area contributed by atoms with Crippen molar-refractivity contribution < 1.29 is 13.2 Å². The molecule has 0 saturated heterocycles. The fraction of sp³-hybridized carbons (Fsp3) is 0.0769. The number of aromatic nitrogens is 1. The van der Waals surface area contributed by atoms with Crippen molar-refractivity contribution in [2.45, 2.75) is 4.90 Å². The van der Waals surface area contributed by atoms with Gasteiger partial charge in [0.1, 0.15) is 22.2 Å². The number of nitrogens with two attached hydrogens (primary N) is 1. The lowest BCUT2D eigenvalue weighted by molar-refractivity contribution is 0.481. The first kappa shape index (κ1) is 14.4. The Morgan fingerprint density at radius 3 is 2.40 bits per heavy atom. The predicted octanol–water partition coefficient (Wildman–Crippen LogP) is 1.91. The van der Waals surface area contributed by atoms with Gasteiger partial charge in [-0.05, 0) is 30.3 Å². The minimum Gasteiger partial charge on any atom is -0.457 e. The first-order valence-electron chi connectivity index (χ1n) is 5.60. The molecule has 0 aliphatic rings. The standard InChI is InChI=1S/C13H12N2O3S2/c1-20(16,17)11-4-2-9(3-5-11)18-10-6-7-15-12(8-10)13(14)19/h2-8H,1H3,(H2,14,19). The van der Waals surface area contributed by atoms with Gasteiger partial charge in [-0.25, -0.2) is 8.42 Å². The van der Waals surface area contributed by atoms with E-state index in [1.807, 2.05) is 0 Å². The molecule has 1 aromatic heterocycles. The van der Waals surface area contributed by atoms with E-state index < -0.39 is 9.84 Å². The number of benzene rings is 1. The van der Waals surface area contributed by atoms with E-state index in [1.165, 1.54) is 18.3 Å². The molecule has 0 atom stereocenters. The Labute approximate surface area is 122 Å². The average Bonchev–Trinajstić information content (AvgIpc) is 2.38. The Hall–Kier alpha value is -1.99. The number of hydrogen-bond acceptors (Lipinski definition) is 5. The summed E-state index contributed by atoms with van der Waals surface area (Å²) < 4.78 is 28.3. The van der Waals surface area contributed by atoms with Gasteiger partial charge >= 0.3 is 0 Å². The van der Waals surface area contributed by atoms with Crippen LogP contribution in [0.15, 0.2) is 47.5 Å². The van der Waals surface area contributed by atoms with Crippen molar-refractivity contribution in [3.05, 3.63) is 48.3 Å². The molecule has 2 aromatic rings. The van der Waals surface area contributed by atoms with E-state index >= 15 is 0 Å². The Bertz CT molecular complexity index is 740. The first-order chi connectivity index (χ1) is 9.36. The van der Waals surface area contributed by atoms with E-state index in [-0.39, 0.29) is 9.88 Å². The van der Waals surface area contributed by atoms with E-state index in [0.717, 1.165) is 6.26 Å². The summed E-state index contributed by atoms with van der Waals surface area (Å²) in [7, 11) is -3.21. The van der Waals surface area contributed by atoms with Crippen LogP contribution < -0.4 is 10.5 Å². The van der Waals surface area contributed by atoms with E-state index in [2.05, 4.69) is 4.98 Å². The summed E-state index contributed by atoms with van der Waals surface area (Å²) in [5.74, 6) is 1.03. The molecule has 2 N–H and O–H groups in total. The molecule has 0 amide bonds. The quantitative estimate of drug-likeness (QED) is 0.869. The predicted molar refractivity (Wildman–Crippen MR) is 79.8 cm³/mol. The van der Waals surface area contributed by atoms with Crippen molar-refractivity contribution in [1.82, 2.24) is 4.98 Å². The maximum Gasteiger partial charge on any atom is 0.175 e. The fourth-order valence-corrected chi connectivity index (χ4v) is 2.24. The van der Waals surface area contributed by atoms with E-state index in [9.17, 15) is 8.42 Å². The molecule has 1 aromatic carbocycles. The SMILES string of the molecule is CS(=O)(=O)c1ccc(Oc2ccnc(C(N)=S)c2)cc1. The summed E-state index contributed by atoms with van der Waals surface area (Å²) in [5.41, 5.74) is 5.95. The Balaban J connectivity index is 2.22. The highest BCUT2D eigenvalue weighted by molar-refractivity contribution is 7.90. The number of pyridine rings is 1. The lowest BCUT2D eigenvalue weighted by atomic mass is 10.3. The summed E-state index contributed by atoms with van der Waals surface area (Å²) in [4.78, 5) is 4.42. The zero-order chi connectivity index (χ0) is 14.8. The first-order valence-corrected chi connectivity index (χ1v) is 7.90. The van der Waals surface area contributed by atoms with Crippen molar-refractivity contribution >= 4 is 27.0 Å². The van der Waals surface area contributed by atoms with E-state index in [0.29, 0.717) is 17.2 Å². The van der Waals surface area contributed by atoms with Gasteiger partial charge in [0.15, 0.2) is 9.84 Å². The van der Waals surface area contributed by atoms with Gasteiger partial charge in [0.2, 0.25) is 0 Å². The molecular formula is C13H12N2O3S2. The van der Waals surface area contributed by atoms with Crippen LogP contribution in [0.2, 0.25) is 0 Å². The molecule has 20 heavy (non-hydrogen) atoms. The van der Waals surface area contributed by atoms with E-state index in [1.54, 1.807) is 24.3 Å². The van der Waals surface area contributed by atoms with Gasteiger partial charge in [-0.2, -0.15) is 0 Å². The van der Waals surface area contributed by atoms with Crippen LogP contribution in [0, 0.1) is 0 Å². The van der Waals surface area contributed by atoms with Crippen LogP contribution in [-0.2, 0) is 9.84 Å². The summed E-state index contributed by atoms with van der Waals surface area (Å²) in [6.07, 6.45) is 2.69. The second-order valence-electron chi connectivity index (χ2n) is 4.09. The number of hydrogen-bond donors (Lipinski definition) is 1. The molecule has 0 spiro atoms. The van der Waals surface area contributed by atoms with Crippen LogP contribution in [0.5, 0.6) is 11.5 Å². The van der Waals surface area contributed by atoms with Crippen LogP contribution >= 0.6 is 12.2 Å². The van der Waals surface area contributed by atoms with E-state index in [4.69, 9.17) is 22.7 Å². The van der Waals surface area contributed by atoms with Gasteiger partial charge in [0.25, 0.3) is 0 Å². The van der Waals surface area contributed by atoms with Gasteiger partial charge < -0.3 is 10.5 Å². The summed E-state index contributed by atoms with van der Waals surface area (Å²) in [6, 6.07) is 9.41. The summed E-state index contributed by atoms with van der Waals surface area (Å²) in [6.45, 7) is 0. The minimum atomic E-state index is -3.21. The Morgan fingerprint density at radius 1 is 1.20 bits per heavy atom. The lowest BCUT2D eigenvalue weighted by Crippen LogP contribution is -2.11. The molecule has 0 bridgehead atoms. The van der Waals surface area contributed by atoms with Crippen molar-refractivity contribution in [3.63, 3.8) is 0 Å². The third kappa shape index (κ3) is 3.52. The lowest BCUT2D eigenvalue weighted by Gasteiger charge is -2.07. The van der Waals surface area contributed by atoms with Gasteiger partial charge in [-0.15, -0.1) is 0 Å². The van der Waals surface area contributed by atoms with Crippen molar-refractivity contribution in [2.75, 3.05) is 6.26 Å². The van der Waals surface area contributed by atoms with Crippen LogP contribution in [-0.4, -0.2) is 24.6 Å². The maximum atomic E-state index is 11.3. The van der Waals surface area contributed by atoms with Crippen LogP contribution in [0.3, 0.4) is 0 Å². The molecular weight excluding hydrogens is 296 g/mol. The largest absolute Gasteiger partial charge is 0.457 e. The summed E-state index contributed by atoms with van der Waals surface area (Å²) in [5, 5.41) is 0. The third-order valence-electron chi connectivity index (χ3n) is 2.47. The molecule has 7 heteroatoms. The van der Waals surface area contributed by atoms with Crippen molar-refractivity contribution in [1.29, 1.82) is 0 Å². The number of thiocarbonyl (C=S) groups is 1. The minimum absolute atomic E-state index is 0.183. The van der Waals surface area contributed by atoms with Crippen LogP contribution in [0.4, 0.5) is 0 Å². The fourth-order valence-electron chi connectivity index (χ4n) is 1.50. The highest BCUT2D eigenvalue weighted by Crippen LogP contribution is 2.23. The highest BCUT2D eigenvalue weighted by atomic mass is 32.2. The molecule has 104 valence electrons. The van der Waals surface area contributed by atoms with Crippen LogP contribution in [0.25, 0.3) is 0 Å². The van der Waals surface area contributed by atoms with Crippen molar-refractivity contribution in [3.8, 4) is 11.5 Å². The molecule has 1 heterocycles. The smallest absolute Gasteiger partial charge is 0.175 e. The molecule has 0 unspecified atom stereocenters. The normalized spacial score (nSPS) is 11.1. The molecule has 5 nitrogen and oxygen atoms in total. The monoisotopic (exact) mass is 308 g/mol. The molecule has 0 fully saturated rings. The number of ether oxygens (including phenoxy) is 1. The number of sulfone groups is 1. The summed E-state index contributed by atoms with van der Waals surface area (Å²) >= 11 is 4.84. The molecule has 0 radical (unpaired) electrons. The zero-order valence-electron chi connectivity index (χ0n) is 10.6. The maximum absolute atomic E-state index is 11.3. The third-order valence-corrected chi connectivity index (χ3v) is 3.81. The topological polar surface area (TPSA) is 82.3 Å². The Kier molecular flexibility index (Phi) is 4.01. The Morgan fingerprint density at radius 2 is 1.85 bits per heavy atom. The zero-order valence-corrected chi connectivity index (χ0v) is 12.2. The molecule has 2 rings (SSSR count). The van der Waals surface area contributed by atoms with Gasteiger partial charge in [-0.1, -0.05) is 12.2 Å². The van der Waals surface area contributed by atoms with Crippen molar-refractivity contribution in [2.24, 2.45) is 5.73 Å². The number of nitrogens with zero attached hydrogens (tertiary/aromatic N) is 1. The van der Waals surface area contributed by atoms with Gasteiger partial charge in [0, 0.05) is 18.5 Å². The van der Waals surface area contributed by atoms with Gasteiger partial charge in [-0.3, -0.25) is 4.98 Å². The molecule has 0 saturated carbocycles. The highest BCUT2D eigenvalue weighted by Gasteiger charge is 2.07. The second kappa shape index (κ2) is 5.56.